The smallest absolute Gasteiger partial charge is 0.322 e. The molecule has 0 bridgehead atoms. The van der Waals surface area contributed by atoms with Crippen molar-refractivity contribution >= 4 is 17.3 Å². The van der Waals surface area contributed by atoms with Crippen LogP contribution in [0.15, 0.2) is 40.1 Å². The molecule has 1 aromatic carbocycles. The summed E-state index contributed by atoms with van der Waals surface area (Å²) in [6, 6.07) is 3.79. The molecule has 9 nitrogen and oxygen atoms in total. The van der Waals surface area contributed by atoms with E-state index in [-0.39, 0.29) is 11.4 Å². The number of hydrogen-bond donors (Lipinski definition) is 1. The molecule has 1 heterocycles. The first-order valence-electron chi connectivity index (χ1n) is 6.30. The standard InChI is InChI=1S/C13H11FN4O5/c1-16-12(20)4-5-17(13(16)21)7-11(19)15-10-6-8(18(22)23)2-3-9(10)14/h2-6H,7H2,1H3,(H,15,19). The summed E-state index contributed by atoms with van der Waals surface area (Å²) in [7, 11) is 1.25. The minimum Gasteiger partial charge on any atom is -0.322 e. The topological polar surface area (TPSA) is 116 Å². The minimum atomic E-state index is -0.850. The van der Waals surface area contributed by atoms with Gasteiger partial charge in [-0.2, -0.15) is 0 Å². The Hall–Kier alpha value is -3.30. The number of benzene rings is 1. The number of amides is 1. The van der Waals surface area contributed by atoms with Crippen molar-refractivity contribution in [1.29, 1.82) is 0 Å². The van der Waals surface area contributed by atoms with Gasteiger partial charge in [-0.3, -0.25) is 28.8 Å². The van der Waals surface area contributed by atoms with E-state index in [1.807, 2.05) is 0 Å². The second-order valence-electron chi connectivity index (χ2n) is 4.59. The van der Waals surface area contributed by atoms with Gasteiger partial charge in [-0.1, -0.05) is 0 Å². The number of carbonyl (C=O) groups is 1. The van der Waals surface area contributed by atoms with Crippen LogP contribution < -0.4 is 16.6 Å². The van der Waals surface area contributed by atoms with Crippen molar-refractivity contribution < 1.29 is 14.1 Å². The van der Waals surface area contributed by atoms with Gasteiger partial charge in [0, 0.05) is 31.4 Å². The second kappa shape index (κ2) is 6.22. The summed E-state index contributed by atoms with van der Waals surface area (Å²) >= 11 is 0. The van der Waals surface area contributed by atoms with Crippen LogP contribution in [0, 0.1) is 15.9 Å². The van der Waals surface area contributed by atoms with E-state index in [2.05, 4.69) is 5.32 Å². The Balaban J connectivity index is 2.22. The average Bonchev–Trinajstić information content (AvgIpc) is 2.50. The molecule has 1 N–H and O–H groups in total. The van der Waals surface area contributed by atoms with Crippen molar-refractivity contribution in [1.82, 2.24) is 9.13 Å². The van der Waals surface area contributed by atoms with Crippen molar-refractivity contribution in [3.8, 4) is 0 Å². The molecule has 2 rings (SSSR count). The highest BCUT2D eigenvalue weighted by Gasteiger charge is 2.14. The lowest BCUT2D eigenvalue weighted by atomic mass is 10.2. The molecule has 0 radical (unpaired) electrons. The zero-order valence-electron chi connectivity index (χ0n) is 11.9. The molecule has 1 aromatic heterocycles. The largest absolute Gasteiger partial charge is 0.331 e. The average molecular weight is 322 g/mol. The molecule has 0 aliphatic rings. The van der Waals surface area contributed by atoms with Gasteiger partial charge in [0.25, 0.3) is 11.2 Å². The van der Waals surface area contributed by atoms with E-state index in [1.165, 1.54) is 7.05 Å². The van der Waals surface area contributed by atoms with Gasteiger partial charge < -0.3 is 5.32 Å². The number of carbonyl (C=O) groups excluding carboxylic acids is 1. The summed E-state index contributed by atoms with van der Waals surface area (Å²) in [6.07, 6.45) is 1.13. The second-order valence-corrected chi connectivity index (χ2v) is 4.59. The normalized spacial score (nSPS) is 10.3. The SMILES string of the molecule is Cn1c(=O)ccn(CC(=O)Nc2cc([N+](=O)[O-])ccc2F)c1=O. The van der Waals surface area contributed by atoms with Crippen LogP contribution in [0.1, 0.15) is 0 Å². The summed E-state index contributed by atoms with van der Waals surface area (Å²) in [6.45, 7) is -0.477. The number of aromatic nitrogens is 2. The lowest BCUT2D eigenvalue weighted by molar-refractivity contribution is -0.384. The van der Waals surface area contributed by atoms with Gasteiger partial charge >= 0.3 is 5.69 Å². The number of nitrogens with zero attached hydrogens (tertiary/aromatic N) is 3. The van der Waals surface area contributed by atoms with Gasteiger partial charge in [-0.25, -0.2) is 9.18 Å². The maximum Gasteiger partial charge on any atom is 0.331 e. The van der Waals surface area contributed by atoms with Crippen molar-refractivity contribution in [2.75, 3.05) is 5.32 Å². The molecule has 0 spiro atoms. The lowest BCUT2D eigenvalue weighted by Crippen LogP contribution is -2.39. The highest BCUT2D eigenvalue weighted by molar-refractivity contribution is 5.91. The Morgan fingerprint density at radius 3 is 2.70 bits per heavy atom. The van der Waals surface area contributed by atoms with Crippen LogP contribution in [0.4, 0.5) is 15.8 Å². The molecule has 0 fully saturated rings. The molecular weight excluding hydrogens is 311 g/mol. The van der Waals surface area contributed by atoms with Crippen LogP contribution in [-0.2, 0) is 18.4 Å². The Morgan fingerprint density at radius 1 is 1.35 bits per heavy atom. The molecule has 0 unspecified atom stereocenters. The predicted molar refractivity (Wildman–Crippen MR) is 77.6 cm³/mol. The van der Waals surface area contributed by atoms with Crippen LogP contribution in [0.25, 0.3) is 0 Å². The summed E-state index contributed by atoms with van der Waals surface area (Å²) in [5.41, 5.74) is -2.01. The van der Waals surface area contributed by atoms with Crippen molar-refractivity contribution in [3.05, 3.63) is 67.2 Å². The summed E-state index contributed by atoms with van der Waals surface area (Å²) in [5, 5.41) is 12.8. The van der Waals surface area contributed by atoms with Gasteiger partial charge in [0.2, 0.25) is 5.91 Å². The van der Waals surface area contributed by atoms with E-state index in [4.69, 9.17) is 0 Å². The maximum absolute atomic E-state index is 13.6. The van der Waals surface area contributed by atoms with Crippen LogP contribution in [0.3, 0.4) is 0 Å². The number of nitro groups is 1. The van der Waals surface area contributed by atoms with E-state index < -0.39 is 34.4 Å². The molecule has 1 amide bonds. The van der Waals surface area contributed by atoms with E-state index in [9.17, 15) is 28.9 Å². The first-order chi connectivity index (χ1) is 10.8. The third kappa shape index (κ3) is 3.48. The van der Waals surface area contributed by atoms with Crippen LogP contribution >= 0.6 is 0 Å². The molecule has 0 atom stereocenters. The number of anilines is 1. The fourth-order valence-corrected chi connectivity index (χ4v) is 1.80. The quantitative estimate of drug-likeness (QED) is 0.639. The third-order valence-corrected chi connectivity index (χ3v) is 3.01. The van der Waals surface area contributed by atoms with Crippen LogP contribution in [0.2, 0.25) is 0 Å². The Bertz CT molecular complexity index is 902. The zero-order chi connectivity index (χ0) is 17.1. The molecule has 0 saturated heterocycles. The van der Waals surface area contributed by atoms with E-state index in [0.717, 1.165) is 39.6 Å². The Labute approximate surface area is 127 Å². The Morgan fingerprint density at radius 2 is 2.04 bits per heavy atom. The highest BCUT2D eigenvalue weighted by atomic mass is 19.1. The van der Waals surface area contributed by atoms with Gasteiger partial charge in [0.1, 0.15) is 12.4 Å². The van der Waals surface area contributed by atoms with Gasteiger partial charge in [0.05, 0.1) is 10.6 Å². The van der Waals surface area contributed by atoms with Crippen molar-refractivity contribution in [3.63, 3.8) is 0 Å². The monoisotopic (exact) mass is 322 g/mol. The first kappa shape index (κ1) is 16.1. The van der Waals surface area contributed by atoms with Gasteiger partial charge in [-0.15, -0.1) is 0 Å². The molecule has 2 aromatic rings. The number of halogens is 1. The Kier molecular flexibility index (Phi) is 4.35. The minimum absolute atomic E-state index is 0.373. The summed E-state index contributed by atoms with van der Waals surface area (Å²) in [4.78, 5) is 44.8. The summed E-state index contributed by atoms with van der Waals surface area (Å²) in [5.74, 6) is -1.62. The van der Waals surface area contributed by atoms with Crippen LogP contribution in [0.5, 0.6) is 0 Å². The molecule has 10 heteroatoms. The van der Waals surface area contributed by atoms with Crippen molar-refractivity contribution in [2.24, 2.45) is 7.05 Å². The molecule has 120 valence electrons. The molecular formula is C13H11FN4O5. The predicted octanol–water partition coefficient (Wildman–Crippen LogP) is 0.233. The molecule has 0 aliphatic carbocycles. The third-order valence-electron chi connectivity index (χ3n) is 3.01. The number of nitrogens with one attached hydrogen (secondary N) is 1. The van der Waals surface area contributed by atoms with E-state index >= 15 is 0 Å². The fourth-order valence-electron chi connectivity index (χ4n) is 1.80. The molecule has 0 saturated carbocycles. The highest BCUT2D eigenvalue weighted by Crippen LogP contribution is 2.21. The summed E-state index contributed by atoms with van der Waals surface area (Å²) < 4.78 is 15.3. The van der Waals surface area contributed by atoms with E-state index in [1.54, 1.807) is 0 Å². The number of rotatable bonds is 4. The fraction of sp³-hybridized carbons (Fsp3) is 0.154. The molecule has 0 aliphatic heterocycles. The molecule has 23 heavy (non-hydrogen) atoms. The number of nitro benzene ring substituents is 1. The van der Waals surface area contributed by atoms with Gasteiger partial charge in [-0.05, 0) is 6.07 Å². The van der Waals surface area contributed by atoms with E-state index in [0.29, 0.717) is 0 Å². The lowest BCUT2D eigenvalue weighted by Gasteiger charge is -2.08. The maximum atomic E-state index is 13.6. The number of hydrogen-bond acceptors (Lipinski definition) is 5. The van der Waals surface area contributed by atoms with Gasteiger partial charge in [0.15, 0.2) is 0 Å². The zero-order valence-corrected chi connectivity index (χ0v) is 11.9. The number of non-ortho nitro benzene ring substituents is 1. The first-order valence-corrected chi connectivity index (χ1v) is 6.30. The van der Waals surface area contributed by atoms with Crippen molar-refractivity contribution in [2.45, 2.75) is 6.54 Å². The van der Waals surface area contributed by atoms with Crippen LogP contribution in [-0.4, -0.2) is 20.0 Å².